The number of nitrogens with zero attached hydrogens (tertiary/aromatic N) is 1. The second-order valence-corrected chi connectivity index (χ2v) is 10.3. The van der Waals surface area contributed by atoms with Crippen LogP contribution >= 0.6 is 0 Å². The molecule has 0 unspecified atom stereocenters. The first kappa shape index (κ1) is 17.7. The highest BCUT2D eigenvalue weighted by Gasteiger charge is 2.28. The molecule has 1 aromatic rings. The van der Waals surface area contributed by atoms with E-state index in [9.17, 15) is 16.8 Å². The Morgan fingerprint density at radius 2 is 1.83 bits per heavy atom. The Hall–Kier alpha value is -1.12. The van der Waals surface area contributed by atoms with Gasteiger partial charge in [-0.2, -0.15) is 0 Å². The normalized spacial score (nSPS) is 22.0. The van der Waals surface area contributed by atoms with Crippen LogP contribution in [0.1, 0.15) is 44.1 Å². The van der Waals surface area contributed by atoms with Gasteiger partial charge in [0, 0.05) is 12.6 Å². The van der Waals surface area contributed by atoms with E-state index < -0.39 is 20.0 Å². The van der Waals surface area contributed by atoms with Gasteiger partial charge in [-0.1, -0.05) is 12.8 Å². The molecule has 0 aromatic heterocycles. The molecule has 0 atom stereocenters. The summed E-state index contributed by atoms with van der Waals surface area (Å²) in [5.41, 5.74) is 1.12. The molecular weight excluding hydrogens is 348 g/mol. The summed E-state index contributed by atoms with van der Waals surface area (Å²) < 4.78 is 53.7. The molecule has 1 N–H and O–H groups in total. The lowest BCUT2D eigenvalue weighted by Crippen LogP contribution is -2.38. The number of nitrogens with one attached hydrogen (secondary N) is 1. The van der Waals surface area contributed by atoms with Crippen molar-refractivity contribution in [1.29, 1.82) is 0 Å². The summed E-state index contributed by atoms with van der Waals surface area (Å²) in [6.07, 6.45) is 5.36. The monoisotopic (exact) mass is 372 g/mol. The van der Waals surface area contributed by atoms with Gasteiger partial charge in [0.15, 0.2) is 0 Å². The van der Waals surface area contributed by atoms with Crippen molar-refractivity contribution in [3.05, 3.63) is 23.8 Å². The SMILES string of the molecule is Cc1cc(N2CCCCS2(=O)=O)ccc1S(=O)(=O)NC1CCCC1. The number of hydrogen-bond acceptors (Lipinski definition) is 4. The van der Waals surface area contributed by atoms with Gasteiger partial charge in [-0.15, -0.1) is 0 Å². The summed E-state index contributed by atoms with van der Waals surface area (Å²) in [7, 11) is -6.86. The number of aryl methyl sites for hydroxylation is 1. The van der Waals surface area contributed by atoms with Crippen LogP contribution in [-0.2, 0) is 20.0 Å². The zero-order valence-electron chi connectivity index (χ0n) is 13.9. The molecule has 6 nitrogen and oxygen atoms in total. The topological polar surface area (TPSA) is 83.6 Å². The molecule has 24 heavy (non-hydrogen) atoms. The van der Waals surface area contributed by atoms with E-state index in [-0.39, 0.29) is 16.7 Å². The lowest BCUT2D eigenvalue weighted by Gasteiger charge is -2.28. The fourth-order valence-corrected chi connectivity index (χ4v) is 6.66. The third-order valence-corrected chi connectivity index (χ3v) is 8.31. The lowest BCUT2D eigenvalue weighted by atomic mass is 10.2. The van der Waals surface area contributed by atoms with Crippen LogP contribution in [-0.4, -0.2) is 35.2 Å². The molecule has 0 bridgehead atoms. The summed E-state index contributed by atoms with van der Waals surface area (Å²) in [4.78, 5) is 0.229. The van der Waals surface area contributed by atoms with Crippen LogP contribution in [0, 0.1) is 6.92 Å². The quantitative estimate of drug-likeness (QED) is 0.878. The highest BCUT2D eigenvalue weighted by Crippen LogP contribution is 2.28. The summed E-state index contributed by atoms with van der Waals surface area (Å²) >= 11 is 0. The van der Waals surface area contributed by atoms with Crippen molar-refractivity contribution in [2.75, 3.05) is 16.6 Å². The van der Waals surface area contributed by atoms with E-state index in [1.807, 2.05) is 0 Å². The molecule has 134 valence electrons. The average Bonchev–Trinajstić information content (AvgIpc) is 2.98. The van der Waals surface area contributed by atoms with Crippen molar-refractivity contribution in [2.24, 2.45) is 0 Å². The minimum atomic E-state index is -3.57. The molecule has 0 radical (unpaired) electrons. The summed E-state index contributed by atoms with van der Waals surface area (Å²) in [6, 6.07) is 4.79. The predicted molar refractivity (Wildman–Crippen MR) is 94.1 cm³/mol. The maximum Gasteiger partial charge on any atom is 0.241 e. The van der Waals surface area contributed by atoms with Gasteiger partial charge in [-0.3, -0.25) is 4.31 Å². The molecule has 1 aromatic carbocycles. The van der Waals surface area contributed by atoms with Gasteiger partial charge in [0.1, 0.15) is 0 Å². The van der Waals surface area contributed by atoms with E-state index in [2.05, 4.69) is 4.72 Å². The predicted octanol–water partition coefficient (Wildman–Crippen LogP) is 2.15. The Bertz CT molecular complexity index is 812. The first-order valence-electron chi connectivity index (χ1n) is 8.43. The summed E-state index contributed by atoms with van der Waals surface area (Å²) in [6.45, 7) is 2.16. The highest BCUT2D eigenvalue weighted by molar-refractivity contribution is 7.92. The van der Waals surface area contributed by atoms with Crippen molar-refractivity contribution >= 4 is 25.7 Å². The van der Waals surface area contributed by atoms with Gasteiger partial charge in [0.05, 0.1) is 16.3 Å². The third kappa shape index (κ3) is 3.60. The van der Waals surface area contributed by atoms with Gasteiger partial charge < -0.3 is 0 Å². The first-order valence-corrected chi connectivity index (χ1v) is 11.5. The first-order chi connectivity index (χ1) is 11.3. The zero-order chi connectivity index (χ0) is 17.4. The second-order valence-electron chi connectivity index (χ2n) is 6.65. The molecule has 1 aliphatic heterocycles. The number of benzene rings is 1. The fourth-order valence-electron chi connectivity index (χ4n) is 3.50. The van der Waals surface area contributed by atoms with Crippen molar-refractivity contribution in [3.63, 3.8) is 0 Å². The molecule has 1 saturated heterocycles. The Morgan fingerprint density at radius 3 is 2.46 bits per heavy atom. The largest absolute Gasteiger partial charge is 0.270 e. The van der Waals surface area contributed by atoms with Crippen molar-refractivity contribution in [1.82, 2.24) is 4.72 Å². The average molecular weight is 373 g/mol. The summed E-state index contributed by atoms with van der Waals surface area (Å²) in [5.74, 6) is 0.148. The zero-order valence-corrected chi connectivity index (χ0v) is 15.5. The highest BCUT2D eigenvalue weighted by atomic mass is 32.2. The van der Waals surface area contributed by atoms with Crippen LogP contribution in [0.15, 0.2) is 23.1 Å². The maximum absolute atomic E-state index is 12.6. The van der Waals surface area contributed by atoms with Gasteiger partial charge in [-0.25, -0.2) is 21.6 Å². The lowest BCUT2D eigenvalue weighted by molar-refractivity contribution is 0.551. The van der Waals surface area contributed by atoms with Crippen molar-refractivity contribution in [3.8, 4) is 0 Å². The van der Waals surface area contributed by atoms with E-state index in [0.29, 0.717) is 24.2 Å². The molecule has 0 amide bonds. The number of rotatable bonds is 4. The van der Waals surface area contributed by atoms with Crippen molar-refractivity contribution in [2.45, 2.75) is 56.4 Å². The van der Waals surface area contributed by atoms with Crippen LogP contribution in [0.3, 0.4) is 0 Å². The van der Waals surface area contributed by atoms with Gasteiger partial charge in [0.25, 0.3) is 0 Å². The minimum absolute atomic E-state index is 0.0107. The number of sulfonamides is 2. The van der Waals surface area contributed by atoms with Crippen LogP contribution in [0.25, 0.3) is 0 Å². The molecule has 1 aliphatic carbocycles. The molecule has 8 heteroatoms. The second kappa shape index (κ2) is 6.65. The Morgan fingerprint density at radius 1 is 1.12 bits per heavy atom. The minimum Gasteiger partial charge on any atom is -0.270 e. The smallest absolute Gasteiger partial charge is 0.241 e. The third-order valence-electron chi connectivity index (χ3n) is 4.76. The standard InChI is InChI=1S/C16H24N2O4S2/c1-13-12-15(18-10-4-5-11-23(18,19)20)8-9-16(13)24(21,22)17-14-6-2-3-7-14/h8-9,12,14,17H,2-7,10-11H2,1H3. The number of anilines is 1. The van der Waals surface area contributed by atoms with Crippen LogP contribution < -0.4 is 9.03 Å². The Labute approximate surface area is 144 Å². The van der Waals surface area contributed by atoms with Crippen LogP contribution in [0.2, 0.25) is 0 Å². The molecule has 1 saturated carbocycles. The molecule has 3 rings (SSSR count). The molecule has 2 aliphatic rings. The Kier molecular flexibility index (Phi) is 4.90. The van der Waals surface area contributed by atoms with Gasteiger partial charge >= 0.3 is 0 Å². The number of hydrogen-bond donors (Lipinski definition) is 1. The Balaban J connectivity index is 1.87. The fraction of sp³-hybridized carbons (Fsp3) is 0.625. The maximum atomic E-state index is 12.6. The molecule has 1 heterocycles. The van der Waals surface area contributed by atoms with Crippen LogP contribution in [0.5, 0.6) is 0 Å². The van der Waals surface area contributed by atoms with E-state index in [1.165, 1.54) is 10.4 Å². The van der Waals surface area contributed by atoms with Gasteiger partial charge in [0.2, 0.25) is 20.0 Å². The molecule has 0 spiro atoms. The van der Waals surface area contributed by atoms with Crippen molar-refractivity contribution < 1.29 is 16.8 Å². The molecule has 2 fully saturated rings. The van der Waals surface area contributed by atoms with E-state index in [0.717, 1.165) is 32.1 Å². The molecular formula is C16H24N2O4S2. The van der Waals surface area contributed by atoms with E-state index in [1.54, 1.807) is 19.1 Å². The summed E-state index contributed by atoms with van der Waals surface area (Å²) in [5, 5.41) is 0. The van der Waals surface area contributed by atoms with E-state index in [4.69, 9.17) is 0 Å². The van der Waals surface area contributed by atoms with E-state index >= 15 is 0 Å². The van der Waals surface area contributed by atoms with Crippen LogP contribution in [0.4, 0.5) is 5.69 Å². The van der Waals surface area contributed by atoms with Gasteiger partial charge in [-0.05, 0) is 56.4 Å².